The number of aliphatic carboxylic acids is 1. The van der Waals surface area contributed by atoms with Gasteiger partial charge in [0.15, 0.2) is 0 Å². The Balaban J connectivity index is 1.28. The summed E-state index contributed by atoms with van der Waals surface area (Å²) in [5.74, 6) is -1.24. The summed E-state index contributed by atoms with van der Waals surface area (Å²) < 4.78 is 12.4. The number of fused-ring (bicyclic) bond motifs is 3. The maximum Gasteiger partial charge on any atom is 0.407 e. The van der Waals surface area contributed by atoms with Gasteiger partial charge in [-0.2, -0.15) is 0 Å². The number of carbonyl (C=O) groups is 2. The average molecular weight is 580 g/mol. The highest BCUT2D eigenvalue weighted by Crippen LogP contribution is 2.44. The van der Waals surface area contributed by atoms with E-state index in [1.165, 1.54) is 0 Å². The molecule has 0 aromatic heterocycles. The molecule has 216 valence electrons. The molecular formula is C35H37NO5Si. The fourth-order valence-corrected chi connectivity index (χ4v) is 10.7. The number of nitrogens with one attached hydrogen (secondary N) is 1. The van der Waals surface area contributed by atoms with Gasteiger partial charge < -0.3 is 19.6 Å². The van der Waals surface area contributed by atoms with Crippen LogP contribution in [0.15, 0.2) is 109 Å². The first-order valence-corrected chi connectivity index (χ1v) is 16.2. The van der Waals surface area contributed by atoms with E-state index in [-0.39, 0.29) is 30.6 Å². The Labute approximate surface area is 248 Å². The summed E-state index contributed by atoms with van der Waals surface area (Å²) in [5, 5.41) is 14.5. The smallest absolute Gasteiger partial charge is 0.407 e. The molecule has 6 nitrogen and oxygen atoms in total. The molecule has 0 radical (unpaired) electrons. The Morgan fingerprint density at radius 2 is 1.26 bits per heavy atom. The average Bonchev–Trinajstić information content (AvgIpc) is 3.31. The number of carboxylic acids is 1. The quantitative estimate of drug-likeness (QED) is 0.227. The van der Waals surface area contributed by atoms with Gasteiger partial charge in [0.2, 0.25) is 0 Å². The Bertz CT molecular complexity index is 1450. The zero-order valence-electron chi connectivity index (χ0n) is 24.2. The van der Waals surface area contributed by atoms with Crippen LogP contribution in [0, 0.1) is 0 Å². The molecule has 7 heteroatoms. The minimum absolute atomic E-state index is 0.101. The van der Waals surface area contributed by atoms with E-state index in [2.05, 4.69) is 62.5 Å². The monoisotopic (exact) mass is 579 g/mol. The van der Waals surface area contributed by atoms with E-state index in [0.717, 1.165) is 32.6 Å². The predicted octanol–water partition coefficient (Wildman–Crippen LogP) is 5.95. The molecule has 2 N–H and O–H groups in total. The molecule has 0 spiro atoms. The van der Waals surface area contributed by atoms with Crippen LogP contribution in [0.1, 0.15) is 44.2 Å². The van der Waals surface area contributed by atoms with Crippen molar-refractivity contribution in [3.8, 4) is 11.1 Å². The van der Waals surface area contributed by atoms with Crippen LogP contribution in [0.25, 0.3) is 11.1 Å². The SMILES string of the molecule is CC(C)(C)[Si](OCC[C@H](NC(=O)OCC1c2ccccc2-c2ccccc21)C(=O)O)(c1ccccc1)c1ccccc1. The lowest BCUT2D eigenvalue weighted by molar-refractivity contribution is -0.139. The summed E-state index contributed by atoms with van der Waals surface area (Å²) >= 11 is 0. The minimum atomic E-state index is -2.83. The van der Waals surface area contributed by atoms with E-state index in [9.17, 15) is 14.7 Å². The molecule has 42 heavy (non-hydrogen) atoms. The van der Waals surface area contributed by atoms with Gasteiger partial charge in [0, 0.05) is 18.9 Å². The minimum Gasteiger partial charge on any atom is -0.480 e. The first-order chi connectivity index (χ1) is 20.2. The number of amides is 1. The third-order valence-corrected chi connectivity index (χ3v) is 13.1. The molecule has 0 heterocycles. The van der Waals surface area contributed by atoms with E-state index in [1.54, 1.807) is 0 Å². The van der Waals surface area contributed by atoms with E-state index >= 15 is 0 Å². The van der Waals surface area contributed by atoms with Crippen LogP contribution in [0.3, 0.4) is 0 Å². The third-order valence-electron chi connectivity index (χ3n) is 8.08. The second kappa shape index (κ2) is 12.3. The molecule has 0 fully saturated rings. The largest absolute Gasteiger partial charge is 0.480 e. The highest BCUT2D eigenvalue weighted by Gasteiger charge is 2.50. The zero-order chi connectivity index (χ0) is 29.7. The Hall–Kier alpha value is -4.20. The second-order valence-corrected chi connectivity index (χ2v) is 16.0. The standard InChI is InChI=1S/C35H37NO5Si/c1-35(2,3)42(25-14-6-4-7-15-25,26-16-8-5-9-17-26)41-23-22-32(33(37)38)36-34(39)40-24-31-29-20-12-10-18-27(29)28-19-11-13-21-30(28)31/h4-21,31-32H,22-24H2,1-3H3,(H,36,39)(H,37,38)/t32-/m0/s1. The fraction of sp³-hybridized carbons (Fsp3) is 0.257. The summed E-state index contributed by atoms with van der Waals surface area (Å²) in [7, 11) is -2.83. The van der Waals surface area contributed by atoms with Crippen molar-refractivity contribution in [2.24, 2.45) is 0 Å². The molecule has 0 aliphatic heterocycles. The Morgan fingerprint density at radius 3 is 1.74 bits per heavy atom. The molecule has 1 aliphatic rings. The maximum atomic E-state index is 12.9. The van der Waals surface area contributed by atoms with Gasteiger partial charge in [0.25, 0.3) is 8.32 Å². The van der Waals surface area contributed by atoms with Gasteiger partial charge in [-0.15, -0.1) is 0 Å². The number of benzene rings is 4. The highest BCUT2D eigenvalue weighted by atomic mass is 28.4. The van der Waals surface area contributed by atoms with E-state index in [0.29, 0.717) is 0 Å². The molecule has 5 rings (SSSR count). The van der Waals surface area contributed by atoms with Crippen LogP contribution in [0.4, 0.5) is 4.79 Å². The van der Waals surface area contributed by atoms with E-state index < -0.39 is 26.4 Å². The van der Waals surface area contributed by atoms with Gasteiger partial charge in [0.1, 0.15) is 12.6 Å². The molecule has 0 unspecified atom stereocenters. The zero-order valence-corrected chi connectivity index (χ0v) is 25.2. The van der Waals surface area contributed by atoms with Crippen LogP contribution in [-0.2, 0) is 14.0 Å². The number of hydrogen-bond acceptors (Lipinski definition) is 4. The van der Waals surface area contributed by atoms with E-state index in [4.69, 9.17) is 9.16 Å². The van der Waals surface area contributed by atoms with Crippen LogP contribution >= 0.6 is 0 Å². The molecule has 1 atom stereocenters. The van der Waals surface area contributed by atoms with Crippen molar-refractivity contribution in [2.45, 2.75) is 44.2 Å². The molecule has 0 saturated carbocycles. The number of rotatable bonds is 10. The van der Waals surface area contributed by atoms with Crippen molar-refractivity contribution in [3.05, 3.63) is 120 Å². The van der Waals surface area contributed by atoms with Crippen LogP contribution < -0.4 is 15.7 Å². The van der Waals surface area contributed by atoms with Crippen molar-refractivity contribution < 1.29 is 23.9 Å². The van der Waals surface area contributed by atoms with Crippen molar-refractivity contribution in [1.29, 1.82) is 0 Å². The Kier molecular flexibility index (Phi) is 8.61. The summed E-state index contributed by atoms with van der Waals surface area (Å²) in [6, 6.07) is 35.4. The number of ether oxygens (including phenoxy) is 1. The molecule has 0 saturated heterocycles. The lowest BCUT2D eigenvalue weighted by Crippen LogP contribution is -2.66. The third kappa shape index (κ3) is 5.75. The molecule has 1 amide bonds. The normalized spacial score (nSPS) is 13.6. The van der Waals surface area contributed by atoms with Gasteiger partial charge >= 0.3 is 12.1 Å². The summed E-state index contributed by atoms with van der Waals surface area (Å²) in [6.45, 7) is 6.78. The first kappa shape index (κ1) is 29.3. The van der Waals surface area contributed by atoms with Gasteiger partial charge in [-0.05, 0) is 37.7 Å². The van der Waals surface area contributed by atoms with Crippen molar-refractivity contribution >= 4 is 30.8 Å². The lowest BCUT2D eigenvalue weighted by Gasteiger charge is -2.43. The number of alkyl carbamates (subject to hydrolysis) is 1. The van der Waals surface area contributed by atoms with Gasteiger partial charge in [-0.3, -0.25) is 0 Å². The summed E-state index contributed by atoms with van der Waals surface area (Å²) in [5.41, 5.74) is 4.46. The van der Waals surface area contributed by atoms with Crippen molar-refractivity contribution in [3.63, 3.8) is 0 Å². The lowest BCUT2D eigenvalue weighted by atomic mass is 9.98. The topological polar surface area (TPSA) is 84.9 Å². The molecule has 4 aromatic rings. The highest BCUT2D eigenvalue weighted by molar-refractivity contribution is 6.99. The van der Waals surface area contributed by atoms with Crippen LogP contribution in [0.2, 0.25) is 5.04 Å². The van der Waals surface area contributed by atoms with E-state index in [1.807, 2.05) is 72.8 Å². The fourth-order valence-electron chi connectivity index (χ4n) is 6.13. The summed E-state index contributed by atoms with van der Waals surface area (Å²) in [4.78, 5) is 25.1. The predicted molar refractivity (Wildman–Crippen MR) is 168 cm³/mol. The van der Waals surface area contributed by atoms with Gasteiger partial charge in [-0.25, -0.2) is 9.59 Å². The number of hydrogen-bond donors (Lipinski definition) is 2. The van der Waals surface area contributed by atoms with Gasteiger partial charge in [0.05, 0.1) is 0 Å². The maximum absolute atomic E-state index is 12.9. The number of carboxylic acid groups (broad SMARTS) is 1. The van der Waals surface area contributed by atoms with Crippen LogP contribution in [-0.4, -0.2) is 44.7 Å². The number of carbonyl (C=O) groups excluding carboxylic acids is 1. The summed E-state index contributed by atoms with van der Waals surface area (Å²) in [6.07, 6.45) is -0.654. The van der Waals surface area contributed by atoms with Crippen molar-refractivity contribution in [1.82, 2.24) is 5.32 Å². The molecule has 4 aromatic carbocycles. The first-order valence-electron chi connectivity index (χ1n) is 14.3. The Morgan fingerprint density at radius 1 is 0.786 bits per heavy atom. The van der Waals surface area contributed by atoms with Crippen molar-refractivity contribution in [2.75, 3.05) is 13.2 Å². The van der Waals surface area contributed by atoms with Gasteiger partial charge in [-0.1, -0.05) is 130 Å². The second-order valence-electron chi connectivity index (χ2n) is 11.7. The van der Waals surface area contributed by atoms with Crippen LogP contribution in [0.5, 0.6) is 0 Å². The molecule has 1 aliphatic carbocycles. The molecule has 0 bridgehead atoms. The molecular weight excluding hydrogens is 542 g/mol.